The van der Waals surface area contributed by atoms with Crippen LogP contribution in [-0.2, 0) is 0 Å². The molecule has 2 aromatic rings. The molecule has 0 amide bonds. The maximum absolute atomic E-state index is 5.84. The highest BCUT2D eigenvalue weighted by Gasteiger charge is 2.02. The molecule has 0 bridgehead atoms. The van der Waals surface area contributed by atoms with Crippen molar-refractivity contribution >= 4 is 51.3 Å². The molecule has 0 radical (unpaired) electrons. The van der Waals surface area contributed by atoms with Gasteiger partial charge in [-0.15, -0.1) is 24.0 Å². The van der Waals surface area contributed by atoms with E-state index in [0.717, 1.165) is 19.3 Å². The summed E-state index contributed by atoms with van der Waals surface area (Å²) in [6.07, 6.45) is 0. The van der Waals surface area contributed by atoms with Gasteiger partial charge in [0.2, 0.25) is 0 Å². The minimum atomic E-state index is 0.698. The van der Waals surface area contributed by atoms with Gasteiger partial charge in [-0.25, -0.2) is 0 Å². The summed E-state index contributed by atoms with van der Waals surface area (Å²) in [5.74, 6) is 0. The lowest BCUT2D eigenvalue weighted by atomic mass is 10.2. The molecule has 1 aromatic carbocycles. The van der Waals surface area contributed by atoms with E-state index in [0.29, 0.717) is 5.69 Å². The quantitative estimate of drug-likeness (QED) is 0.511. The number of halogens is 1. The lowest BCUT2D eigenvalue weighted by Crippen LogP contribution is -1.84. The minimum Gasteiger partial charge on any atom is -0.398 e. The van der Waals surface area contributed by atoms with E-state index in [-0.39, 0.29) is 0 Å². The van der Waals surface area contributed by atoms with Crippen molar-refractivity contribution in [3.05, 3.63) is 22.5 Å². The zero-order chi connectivity index (χ0) is 8.72. The van der Waals surface area contributed by atoms with Crippen LogP contribution in [0.15, 0.2) is 23.1 Å². The van der Waals surface area contributed by atoms with Crippen molar-refractivity contribution in [1.82, 2.24) is 0 Å². The van der Waals surface area contributed by atoms with Crippen LogP contribution in [0.25, 0.3) is 10.1 Å². The third kappa shape index (κ3) is 1.28. The first-order chi connectivity index (χ1) is 5.66. The number of nitrogen functional groups attached to an aromatic ring is 1. The fourth-order valence-electron chi connectivity index (χ4n) is 1.06. The molecule has 0 saturated carbocycles. The normalized spacial score (nSPS) is 10.8. The van der Waals surface area contributed by atoms with Crippen molar-refractivity contribution in [2.45, 2.75) is 4.90 Å². The van der Waals surface area contributed by atoms with Crippen molar-refractivity contribution in [3.8, 4) is 0 Å². The Labute approximate surface area is 84.6 Å². The molecule has 2 rings (SSSR count). The van der Waals surface area contributed by atoms with E-state index in [1.165, 1.54) is 11.3 Å². The molecule has 4 heteroatoms. The summed E-state index contributed by atoms with van der Waals surface area (Å²) in [5.41, 5.74) is 6.38. The van der Waals surface area contributed by atoms with Crippen LogP contribution >= 0.6 is 35.6 Å². The maximum atomic E-state index is 5.84. The molecule has 12 heavy (non-hydrogen) atoms. The highest BCUT2D eigenvalue weighted by atomic mass is 35.5. The fourth-order valence-corrected chi connectivity index (χ4v) is 2.45. The largest absolute Gasteiger partial charge is 0.398 e. The Hall–Kier alpha value is -0.380. The monoisotopic (exact) mass is 215 g/mol. The van der Waals surface area contributed by atoms with Gasteiger partial charge in [0.05, 0.1) is 4.34 Å². The predicted molar refractivity (Wildman–Crippen MR) is 58.5 cm³/mol. The van der Waals surface area contributed by atoms with Crippen LogP contribution in [0.1, 0.15) is 0 Å². The van der Waals surface area contributed by atoms with Gasteiger partial charge in [0.25, 0.3) is 0 Å². The molecule has 62 valence electrons. The van der Waals surface area contributed by atoms with E-state index in [1.807, 2.05) is 18.2 Å². The lowest BCUT2D eigenvalue weighted by Gasteiger charge is -1.97. The lowest BCUT2D eigenvalue weighted by molar-refractivity contribution is 1.53. The summed E-state index contributed by atoms with van der Waals surface area (Å²) >= 11 is 11.6. The first-order valence-electron chi connectivity index (χ1n) is 3.34. The van der Waals surface area contributed by atoms with E-state index in [9.17, 15) is 0 Å². The van der Waals surface area contributed by atoms with Gasteiger partial charge in [-0.1, -0.05) is 11.6 Å². The molecule has 0 aliphatic carbocycles. The smallest absolute Gasteiger partial charge is 0.0940 e. The Bertz CT molecular complexity index is 397. The molecule has 2 N–H and O–H groups in total. The summed E-state index contributed by atoms with van der Waals surface area (Å²) in [5, 5.41) is 1.10. The molecular formula is C8H6ClNS2. The first kappa shape index (κ1) is 8.23. The predicted octanol–water partition coefficient (Wildman–Crippen LogP) is 3.43. The van der Waals surface area contributed by atoms with Gasteiger partial charge in [-0.05, 0) is 23.6 Å². The average Bonchev–Trinajstić information content (AvgIpc) is 2.30. The third-order valence-corrected chi connectivity index (χ3v) is 3.25. The third-order valence-electron chi connectivity index (χ3n) is 1.64. The Morgan fingerprint density at radius 2 is 2.08 bits per heavy atom. The molecule has 1 aromatic heterocycles. The van der Waals surface area contributed by atoms with Crippen LogP contribution < -0.4 is 5.73 Å². The second kappa shape index (κ2) is 2.83. The van der Waals surface area contributed by atoms with E-state index in [1.54, 1.807) is 0 Å². The van der Waals surface area contributed by atoms with E-state index in [4.69, 9.17) is 17.3 Å². The summed E-state index contributed by atoms with van der Waals surface area (Å²) in [6, 6.07) is 5.74. The van der Waals surface area contributed by atoms with Crippen molar-refractivity contribution in [2.24, 2.45) is 0 Å². The fraction of sp³-hybridized carbons (Fsp3) is 0. The minimum absolute atomic E-state index is 0.698. The number of benzene rings is 1. The van der Waals surface area contributed by atoms with E-state index < -0.39 is 0 Å². The SMILES string of the molecule is Nc1cc2sc(Cl)cc2cc1S. The van der Waals surface area contributed by atoms with Crippen LogP contribution in [0.3, 0.4) is 0 Å². The molecule has 0 aliphatic rings. The van der Waals surface area contributed by atoms with Gasteiger partial charge >= 0.3 is 0 Å². The number of rotatable bonds is 0. The number of thiol groups is 1. The van der Waals surface area contributed by atoms with Gasteiger partial charge in [0.1, 0.15) is 0 Å². The number of thiophene rings is 1. The van der Waals surface area contributed by atoms with Crippen LogP contribution in [0, 0.1) is 0 Å². The second-order valence-electron chi connectivity index (χ2n) is 2.50. The number of hydrogen-bond acceptors (Lipinski definition) is 3. The Balaban J connectivity index is 2.83. The Morgan fingerprint density at radius 1 is 1.33 bits per heavy atom. The molecule has 1 nitrogen and oxygen atoms in total. The van der Waals surface area contributed by atoms with Gasteiger partial charge in [-0.3, -0.25) is 0 Å². The van der Waals surface area contributed by atoms with Crippen LogP contribution in [0.2, 0.25) is 4.34 Å². The van der Waals surface area contributed by atoms with Gasteiger partial charge < -0.3 is 5.73 Å². The number of anilines is 1. The highest BCUT2D eigenvalue weighted by Crippen LogP contribution is 2.33. The zero-order valence-electron chi connectivity index (χ0n) is 6.04. The average molecular weight is 216 g/mol. The van der Waals surface area contributed by atoms with Crippen molar-refractivity contribution < 1.29 is 0 Å². The topological polar surface area (TPSA) is 26.0 Å². The molecule has 0 saturated heterocycles. The summed E-state index contributed by atoms with van der Waals surface area (Å²) in [6.45, 7) is 0. The number of hydrogen-bond donors (Lipinski definition) is 2. The number of fused-ring (bicyclic) bond motifs is 1. The molecule has 0 atom stereocenters. The summed E-state index contributed by atoms with van der Waals surface area (Å²) < 4.78 is 1.89. The van der Waals surface area contributed by atoms with Crippen LogP contribution in [0.5, 0.6) is 0 Å². The Morgan fingerprint density at radius 3 is 2.83 bits per heavy atom. The molecule has 0 spiro atoms. The highest BCUT2D eigenvalue weighted by molar-refractivity contribution is 7.80. The van der Waals surface area contributed by atoms with Crippen molar-refractivity contribution in [2.75, 3.05) is 5.73 Å². The van der Waals surface area contributed by atoms with E-state index >= 15 is 0 Å². The van der Waals surface area contributed by atoms with Gasteiger partial charge in [-0.2, -0.15) is 0 Å². The van der Waals surface area contributed by atoms with Gasteiger partial charge in [0, 0.05) is 15.3 Å². The van der Waals surface area contributed by atoms with Crippen LogP contribution in [0.4, 0.5) is 5.69 Å². The van der Waals surface area contributed by atoms with Crippen LogP contribution in [-0.4, -0.2) is 0 Å². The molecule has 0 aliphatic heterocycles. The number of nitrogens with two attached hydrogens (primary N) is 1. The molecular weight excluding hydrogens is 210 g/mol. The maximum Gasteiger partial charge on any atom is 0.0940 e. The van der Waals surface area contributed by atoms with E-state index in [2.05, 4.69) is 12.6 Å². The first-order valence-corrected chi connectivity index (χ1v) is 4.98. The molecule has 1 heterocycles. The van der Waals surface area contributed by atoms with Crippen molar-refractivity contribution in [3.63, 3.8) is 0 Å². The van der Waals surface area contributed by atoms with Crippen molar-refractivity contribution in [1.29, 1.82) is 0 Å². The Kier molecular flexibility index (Phi) is 1.94. The second-order valence-corrected chi connectivity index (χ2v) is 4.70. The standard InChI is InChI=1S/C8H6ClNS2/c9-8-2-4-1-6(11)5(10)3-7(4)12-8/h1-3,11H,10H2. The zero-order valence-corrected chi connectivity index (χ0v) is 8.51. The van der Waals surface area contributed by atoms with Gasteiger partial charge in [0.15, 0.2) is 0 Å². The summed E-state index contributed by atoms with van der Waals surface area (Å²) in [4.78, 5) is 0.803. The molecule has 0 unspecified atom stereocenters. The molecule has 0 fully saturated rings. The summed E-state index contributed by atoms with van der Waals surface area (Å²) in [7, 11) is 0.